The van der Waals surface area contributed by atoms with Crippen molar-refractivity contribution in [2.45, 2.75) is 43.9 Å². The third-order valence-electron chi connectivity index (χ3n) is 11.7. The number of carbonyl (C=O) groups excluding carboxylic acids is 4. The molecule has 3 heterocycles. The lowest BCUT2D eigenvalue weighted by Gasteiger charge is -2.23. The van der Waals surface area contributed by atoms with Crippen molar-refractivity contribution >= 4 is 46.4 Å². The highest BCUT2D eigenvalue weighted by Crippen LogP contribution is 2.53. The summed E-state index contributed by atoms with van der Waals surface area (Å²) in [5.41, 5.74) is 1.82. The van der Waals surface area contributed by atoms with Crippen molar-refractivity contribution in [1.29, 1.82) is 0 Å². The number of phenolic OH excluding ortho intramolecular Hbond substituents is 1. The number of nitrogens with zero attached hydrogens (tertiary/aromatic N) is 5. The fourth-order valence-electron chi connectivity index (χ4n) is 9.37. The van der Waals surface area contributed by atoms with E-state index in [1.165, 1.54) is 14.6 Å². The van der Waals surface area contributed by atoms with Crippen LogP contribution >= 0.6 is 11.8 Å². The average Bonchev–Trinajstić information content (AvgIpc) is 3.95. The van der Waals surface area contributed by atoms with Crippen LogP contribution in [0.4, 0.5) is 0 Å². The minimum absolute atomic E-state index is 0.0268. The van der Waals surface area contributed by atoms with Crippen LogP contribution in [0.15, 0.2) is 59.5 Å². The van der Waals surface area contributed by atoms with Crippen molar-refractivity contribution in [2.75, 3.05) is 25.4 Å². The summed E-state index contributed by atoms with van der Waals surface area (Å²) in [6.45, 7) is 6.63. The summed E-state index contributed by atoms with van der Waals surface area (Å²) in [7, 11) is 0. The highest BCUT2D eigenvalue weighted by atomic mass is 32.2. The van der Waals surface area contributed by atoms with Crippen LogP contribution in [-0.2, 0) is 24.6 Å². The fraction of sp³-hybridized carbons (Fsp3) is 0.474. The van der Waals surface area contributed by atoms with Gasteiger partial charge in [0.2, 0.25) is 23.6 Å². The molecule has 2 saturated carbocycles. The van der Waals surface area contributed by atoms with Gasteiger partial charge in [-0.05, 0) is 66.2 Å². The summed E-state index contributed by atoms with van der Waals surface area (Å²) in [5.74, 6) is 0.707. The zero-order chi connectivity index (χ0) is 34.6. The number of thioether (sulfide) groups is 1. The number of hydrogen-bond acceptors (Lipinski definition) is 9. The second-order valence-corrected chi connectivity index (χ2v) is 16.7. The van der Waals surface area contributed by atoms with E-state index in [-0.39, 0.29) is 89.9 Å². The Morgan fingerprint density at radius 1 is 0.760 bits per heavy atom. The van der Waals surface area contributed by atoms with Gasteiger partial charge in [-0.2, -0.15) is 0 Å². The van der Waals surface area contributed by atoms with Gasteiger partial charge in [-0.1, -0.05) is 45.1 Å². The molecule has 4 bridgehead atoms. The molecule has 1 N–H and O–H groups in total. The van der Waals surface area contributed by atoms with Crippen molar-refractivity contribution < 1.29 is 29.0 Å². The van der Waals surface area contributed by atoms with Gasteiger partial charge < -0.3 is 9.84 Å². The first-order chi connectivity index (χ1) is 24.0. The fourth-order valence-corrected chi connectivity index (χ4v) is 10.2. The number of hydrogen-bond donors (Lipinski definition) is 1. The molecule has 6 aliphatic rings. The van der Waals surface area contributed by atoms with Gasteiger partial charge in [-0.25, -0.2) is 0 Å². The number of likely N-dealkylation sites (tertiary alicyclic amines) is 2. The smallest absolute Gasteiger partial charge is 0.233 e. The number of ether oxygens (including phenoxy) is 1. The third-order valence-corrected chi connectivity index (χ3v) is 12.7. The van der Waals surface area contributed by atoms with E-state index >= 15 is 0 Å². The molecule has 0 radical (unpaired) electrons. The number of imide groups is 2. The van der Waals surface area contributed by atoms with Crippen molar-refractivity contribution in [1.82, 2.24) is 24.8 Å². The molecular weight excluding hydrogens is 655 g/mol. The van der Waals surface area contributed by atoms with Gasteiger partial charge in [-0.3, -0.25) is 29.0 Å². The van der Waals surface area contributed by atoms with Gasteiger partial charge in [0, 0.05) is 28.8 Å². The highest BCUT2D eigenvalue weighted by molar-refractivity contribution is 7.99. The molecule has 12 heteroatoms. The Labute approximate surface area is 293 Å². The first-order valence-electron chi connectivity index (χ1n) is 17.6. The van der Waals surface area contributed by atoms with E-state index in [1.807, 2.05) is 39.0 Å². The van der Waals surface area contributed by atoms with Gasteiger partial charge in [-0.15, -0.1) is 26.8 Å². The van der Waals surface area contributed by atoms with Gasteiger partial charge in [0.1, 0.15) is 34.8 Å². The molecule has 8 atom stereocenters. The quantitative estimate of drug-likeness (QED) is 0.195. The zero-order valence-corrected chi connectivity index (χ0v) is 29.0. The lowest BCUT2D eigenvalue weighted by molar-refractivity contribution is -0.142. The average molecular weight is 694 g/mol. The third kappa shape index (κ3) is 4.77. The van der Waals surface area contributed by atoms with Crippen LogP contribution in [0.25, 0.3) is 16.7 Å². The number of amides is 4. The van der Waals surface area contributed by atoms with Crippen molar-refractivity contribution in [3.63, 3.8) is 0 Å². The molecule has 4 aliphatic carbocycles. The molecule has 4 amide bonds. The summed E-state index contributed by atoms with van der Waals surface area (Å²) in [4.78, 5) is 57.6. The van der Waals surface area contributed by atoms with E-state index < -0.39 is 5.41 Å². The number of benzene rings is 2. The van der Waals surface area contributed by atoms with Crippen LogP contribution in [0.5, 0.6) is 11.5 Å². The Morgan fingerprint density at radius 2 is 1.30 bits per heavy atom. The molecule has 0 spiro atoms. The molecule has 8 unspecified atom stereocenters. The largest absolute Gasteiger partial charge is 0.505 e. The first-order valence-corrected chi connectivity index (χ1v) is 18.5. The zero-order valence-electron chi connectivity index (χ0n) is 28.2. The molecule has 2 aliphatic heterocycles. The molecule has 9 rings (SSSR count). The number of allylic oxidation sites excluding steroid dienone is 4. The monoisotopic (exact) mass is 693 g/mol. The Balaban J connectivity index is 0.894. The van der Waals surface area contributed by atoms with Crippen LogP contribution in [0.1, 0.15) is 39.2 Å². The minimum atomic E-state index is -0.438. The normalized spacial score (nSPS) is 30.5. The summed E-state index contributed by atoms with van der Waals surface area (Å²) >= 11 is 1.55. The topological polar surface area (TPSA) is 135 Å². The highest BCUT2D eigenvalue weighted by Gasteiger charge is 2.60. The van der Waals surface area contributed by atoms with Crippen molar-refractivity contribution in [3.05, 3.63) is 60.2 Å². The first kappa shape index (κ1) is 31.5. The van der Waals surface area contributed by atoms with Crippen molar-refractivity contribution in [3.8, 4) is 17.2 Å². The van der Waals surface area contributed by atoms with E-state index in [9.17, 15) is 24.3 Å². The lowest BCUT2D eigenvalue weighted by Crippen LogP contribution is -2.36. The maximum atomic E-state index is 13.1. The minimum Gasteiger partial charge on any atom is -0.505 e. The lowest BCUT2D eigenvalue weighted by atomic mass is 9.85. The number of aromatic nitrogens is 3. The molecule has 3 aromatic rings. The number of rotatable bonds is 9. The molecule has 2 saturated heterocycles. The van der Waals surface area contributed by atoms with Crippen LogP contribution < -0.4 is 4.74 Å². The van der Waals surface area contributed by atoms with E-state index in [0.717, 1.165) is 17.7 Å². The number of phenols is 1. The van der Waals surface area contributed by atoms with Crippen LogP contribution in [0.2, 0.25) is 0 Å². The van der Waals surface area contributed by atoms with Gasteiger partial charge in [0.25, 0.3) is 0 Å². The molecule has 50 heavy (non-hydrogen) atoms. The molecule has 258 valence electrons. The summed E-state index contributed by atoms with van der Waals surface area (Å²) in [6, 6.07) is 9.18. The number of fused-ring (bicyclic) bond motifs is 11. The Hall–Kier alpha value is -4.45. The van der Waals surface area contributed by atoms with Crippen LogP contribution in [0, 0.1) is 47.3 Å². The Bertz CT molecular complexity index is 1990. The van der Waals surface area contributed by atoms with E-state index in [1.54, 1.807) is 23.9 Å². The van der Waals surface area contributed by atoms with Gasteiger partial charge in [0.15, 0.2) is 0 Å². The number of aromatic hydroxyl groups is 1. The standard InChI is InChI=1S/C38H39N5O6S/c1-38(2,3)25-16-23(49-12-10-41-34(45)29-19-4-5-20(14-19)30(29)35(41)46)17-28(33(25)44)43-39-26-9-8-24(18-27(26)40-43)50-13-11-42-36(47)31-21-6-7-22(15-21)32(31)37(42)48/h4-9,16-22,29-32,44H,10-15H2,1-3H3. The summed E-state index contributed by atoms with van der Waals surface area (Å²) in [6.07, 6.45) is 10.2. The maximum Gasteiger partial charge on any atom is 0.233 e. The molecular formula is C38H39N5O6S. The molecule has 4 fully saturated rings. The maximum absolute atomic E-state index is 13.1. The predicted octanol–water partition coefficient (Wildman–Crippen LogP) is 4.51. The van der Waals surface area contributed by atoms with Crippen LogP contribution in [0.3, 0.4) is 0 Å². The SMILES string of the molecule is CC(C)(C)c1cc(OCCN2C(=O)C3C4C=CC(C4)C3C2=O)cc(-n2nc3ccc(SCCN4C(=O)C5C6C=CC(C6)C5C4=O)cc3n2)c1O. The van der Waals surface area contributed by atoms with Crippen molar-refractivity contribution in [2.24, 2.45) is 47.3 Å². The van der Waals surface area contributed by atoms with Crippen LogP contribution in [-0.4, -0.2) is 79.0 Å². The predicted molar refractivity (Wildman–Crippen MR) is 184 cm³/mol. The summed E-state index contributed by atoms with van der Waals surface area (Å²) < 4.78 is 6.14. The van der Waals surface area contributed by atoms with E-state index in [2.05, 4.69) is 29.4 Å². The van der Waals surface area contributed by atoms with E-state index in [0.29, 0.717) is 40.3 Å². The van der Waals surface area contributed by atoms with Gasteiger partial charge in [0.05, 0.1) is 30.2 Å². The molecule has 11 nitrogen and oxygen atoms in total. The molecule has 2 aromatic carbocycles. The second-order valence-electron chi connectivity index (χ2n) is 15.6. The van der Waals surface area contributed by atoms with Gasteiger partial charge >= 0.3 is 0 Å². The van der Waals surface area contributed by atoms with E-state index in [4.69, 9.17) is 9.84 Å². The Kier molecular flexibility index (Phi) is 7.11. The summed E-state index contributed by atoms with van der Waals surface area (Å²) in [5, 5.41) is 20.8. The molecule has 1 aromatic heterocycles. The Morgan fingerprint density at radius 3 is 1.86 bits per heavy atom. The number of carbonyl (C=O) groups is 4. The second kappa shape index (κ2) is 11.3.